The number of nitrogens with zero attached hydrogens (tertiary/aromatic N) is 3. The second-order valence-electron chi connectivity index (χ2n) is 6.44. The Morgan fingerprint density at radius 3 is 3.04 bits per heavy atom. The summed E-state index contributed by atoms with van der Waals surface area (Å²) in [7, 11) is 0. The summed E-state index contributed by atoms with van der Waals surface area (Å²) in [6, 6.07) is 8.85. The average Bonchev–Trinajstić information content (AvgIpc) is 3.10. The van der Waals surface area contributed by atoms with Gasteiger partial charge in [-0.25, -0.2) is 0 Å². The molecule has 0 amide bonds. The van der Waals surface area contributed by atoms with E-state index in [4.69, 9.17) is 9.26 Å². The molecule has 1 N–H and O–H groups in total. The smallest absolute Gasteiger partial charge is 0.240 e. The van der Waals surface area contributed by atoms with E-state index in [0.29, 0.717) is 31.4 Å². The molecule has 0 saturated heterocycles. The number of hydrogen-bond donors (Lipinski definition) is 1. The van der Waals surface area contributed by atoms with Gasteiger partial charge >= 0.3 is 0 Å². The van der Waals surface area contributed by atoms with E-state index in [1.807, 2.05) is 13.8 Å². The maximum atomic E-state index is 9.53. The molecule has 1 heterocycles. The zero-order valence-corrected chi connectivity index (χ0v) is 15.0. The van der Waals surface area contributed by atoms with Crippen LogP contribution >= 0.6 is 0 Å². The number of ether oxygens (including phenoxy) is 1. The van der Waals surface area contributed by atoms with Crippen LogP contribution < -0.4 is 0 Å². The molecular formula is C19H27N3O3. The Balaban J connectivity index is 1.76. The molecule has 6 nitrogen and oxygen atoms in total. The topological polar surface area (TPSA) is 71.6 Å². The van der Waals surface area contributed by atoms with Crippen LogP contribution in [-0.4, -0.2) is 39.9 Å². The predicted molar refractivity (Wildman–Crippen MR) is 94.0 cm³/mol. The number of aliphatic hydroxyl groups excluding tert-OH is 1. The number of rotatable bonds is 8. The molecule has 2 atom stereocenters. The first-order chi connectivity index (χ1) is 12.2. The first kappa shape index (κ1) is 18.0. The van der Waals surface area contributed by atoms with Gasteiger partial charge in [-0.3, -0.25) is 4.90 Å². The molecule has 1 aromatic heterocycles. The van der Waals surface area contributed by atoms with Crippen molar-refractivity contribution in [1.82, 2.24) is 15.0 Å². The molecule has 136 valence electrons. The average molecular weight is 345 g/mol. The fourth-order valence-electron chi connectivity index (χ4n) is 3.58. The van der Waals surface area contributed by atoms with Crippen molar-refractivity contribution in [3.05, 3.63) is 47.1 Å². The molecule has 0 fully saturated rings. The summed E-state index contributed by atoms with van der Waals surface area (Å²) in [6.07, 6.45) is 3.17. The Kier molecular flexibility index (Phi) is 6.18. The summed E-state index contributed by atoms with van der Waals surface area (Å²) in [5.41, 5.74) is 2.75. The predicted octanol–water partition coefficient (Wildman–Crippen LogP) is 3.04. The highest BCUT2D eigenvalue weighted by Gasteiger charge is 2.27. The second kappa shape index (κ2) is 8.56. The van der Waals surface area contributed by atoms with E-state index in [9.17, 15) is 5.11 Å². The van der Waals surface area contributed by atoms with Crippen molar-refractivity contribution in [3.8, 4) is 0 Å². The first-order valence-electron chi connectivity index (χ1n) is 9.09. The largest absolute Gasteiger partial charge is 0.395 e. The van der Waals surface area contributed by atoms with Crippen molar-refractivity contribution in [1.29, 1.82) is 0 Å². The summed E-state index contributed by atoms with van der Waals surface area (Å²) >= 11 is 0. The summed E-state index contributed by atoms with van der Waals surface area (Å²) in [5.74, 6) is 1.14. The summed E-state index contributed by atoms with van der Waals surface area (Å²) in [5, 5.41) is 13.6. The van der Waals surface area contributed by atoms with Gasteiger partial charge in [0.2, 0.25) is 5.89 Å². The van der Waals surface area contributed by atoms with Gasteiger partial charge in [0, 0.05) is 19.2 Å². The Morgan fingerprint density at radius 1 is 1.40 bits per heavy atom. The first-order valence-corrected chi connectivity index (χ1v) is 9.09. The number of aryl methyl sites for hydroxylation is 1. The van der Waals surface area contributed by atoms with Gasteiger partial charge in [0.25, 0.3) is 0 Å². The van der Waals surface area contributed by atoms with Gasteiger partial charge in [-0.1, -0.05) is 29.4 Å². The second-order valence-corrected chi connectivity index (χ2v) is 6.44. The molecule has 0 saturated carbocycles. The lowest BCUT2D eigenvalue weighted by atomic mass is 9.87. The van der Waals surface area contributed by atoms with E-state index in [-0.39, 0.29) is 18.8 Å². The number of aliphatic hydroxyl groups is 1. The van der Waals surface area contributed by atoms with Crippen LogP contribution in [-0.2, 0) is 17.7 Å². The van der Waals surface area contributed by atoms with E-state index in [1.54, 1.807) is 0 Å². The van der Waals surface area contributed by atoms with Crippen molar-refractivity contribution < 1.29 is 14.4 Å². The molecule has 0 aliphatic heterocycles. The van der Waals surface area contributed by atoms with Crippen molar-refractivity contribution in [2.75, 3.05) is 19.8 Å². The number of aromatic nitrogens is 2. The minimum absolute atomic E-state index is 0.106. The standard InChI is InChI=1S/C19H27N3O3/c1-3-24-14(2)19-20-18(25-21-19)13-22(11-12-23)17-10-6-8-15-7-4-5-9-16(15)17/h4-5,7,9,14,17,23H,3,6,8,10-13H2,1-2H3. The Bertz CT molecular complexity index is 673. The third-order valence-electron chi connectivity index (χ3n) is 4.77. The lowest BCUT2D eigenvalue weighted by molar-refractivity contribution is 0.0683. The van der Waals surface area contributed by atoms with Crippen LogP contribution in [0.5, 0.6) is 0 Å². The van der Waals surface area contributed by atoms with Crippen LogP contribution in [0.1, 0.15) is 61.7 Å². The van der Waals surface area contributed by atoms with E-state index >= 15 is 0 Å². The van der Waals surface area contributed by atoms with Gasteiger partial charge in [-0.2, -0.15) is 4.98 Å². The van der Waals surface area contributed by atoms with Crippen LogP contribution in [0.2, 0.25) is 0 Å². The van der Waals surface area contributed by atoms with Crippen LogP contribution in [0.15, 0.2) is 28.8 Å². The normalized spacial score (nSPS) is 18.3. The van der Waals surface area contributed by atoms with Crippen LogP contribution in [0, 0.1) is 0 Å². The highest BCUT2D eigenvalue weighted by Crippen LogP contribution is 2.34. The lowest BCUT2D eigenvalue weighted by Crippen LogP contribution is -2.33. The van der Waals surface area contributed by atoms with Crippen molar-refractivity contribution in [2.45, 2.75) is 51.8 Å². The highest BCUT2D eigenvalue weighted by atomic mass is 16.5. The minimum atomic E-state index is -0.177. The number of benzene rings is 1. The third kappa shape index (κ3) is 4.26. The maximum Gasteiger partial charge on any atom is 0.240 e. The van der Waals surface area contributed by atoms with Gasteiger partial charge in [0.1, 0.15) is 6.10 Å². The molecular weight excluding hydrogens is 318 g/mol. The van der Waals surface area contributed by atoms with E-state index in [1.165, 1.54) is 11.1 Å². The van der Waals surface area contributed by atoms with Crippen LogP contribution in [0.25, 0.3) is 0 Å². The fraction of sp³-hybridized carbons (Fsp3) is 0.579. The molecule has 1 aromatic carbocycles. The molecule has 2 aromatic rings. The Morgan fingerprint density at radius 2 is 2.24 bits per heavy atom. The number of hydrogen-bond acceptors (Lipinski definition) is 6. The number of fused-ring (bicyclic) bond motifs is 1. The van der Waals surface area contributed by atoms with Gasteiger partial charge < -0.3 is 14.4 Å². The fourth-order valence-corrected chi connectivity index (χ4v) is 3.58. The molecule has 0 spiro atoms. The SMILES string of the molecule is CCOC(C)c1noc(CN(CCO)C2CCCc3ccccc32)n1. The van der Waals surface area contributed by atoms with Crippen LogP contribution in [0.4, 0.5) is 0 Å². The molecule has 0 bridgehead atoms. The zero-order valence-electron chi connectivity index (χ0n) is 15.0. The highest BCUT2D eigenvalue weighted by molar-refractivity contribution is 5.32. The van der Waals surface area contributed by atoms with Gasteiger partial charge in [-0.15, -0.1) is 0 Å². The van der Waals surface area contributed by atoms with E-state index < -0.39 is 0 Å². The summed E-state index contributed by atoms with van der Waals surface area (Å²) in [6.45, 7) is 5.70. The van der Waals surface area contributed by atoms with Gasteiger partial charge in [-0.05, 0) is 44.2 Å². The monoisotopic (exact) mass is 345 g/mol. The molecule has 25 heavy (non-hydrogen) atoms. The quantitative estimate of drug-likeness (QED) is 0.793. The Labute approximate surface area is 148 Å². The van der Waals surface area contributed by atoms with E-state index in [0.717, 1.165) is 19.3 Å². The van der Waals surface area contributed by atoms with Gasteiger partial charge in [0.15, 0.2) is 5.82 Å². The minimum Gasteiger partial charge on any atom is -0.395 e. The summed E-state index contributed by atoms with van der Waals surface area (Å²) in [4.78, 5) is 6.71. The molecule has 1 aliphatic carbocycles. The third-order valence-corrected chi connectivity index (χ3v) is 4.77. The zero-order chi connectivity index (χ0) is 17.6. The molecule has 6 heteroatoms. The van der Waals surface area contributed by atoms with Crippen molar-refractivity contribution in [2.24, 2.45) is 0 Å². The molecule has 3 rings (SSSR count). The maximum absolute atomic E-state index is 9.53. The van der Waals surface area contributed by atoms with Crippen molar-refractivity contribution in [3.63, 3.8) is 0 Å². The van der Waals surface area contributed by atoms with Crippen LogP contribution in [0.3, 0.4) is 0 Å². The molecule has 1 aliphatic rings. The van der Waals surface area contributed by atoms with Crippen molar-refractivity contribution >= 4 is 0 Å². The molecule has 2 unspecified atom stereocenters. The molecule has 0 radical (unpaired) electrons. The summed E-state index contributed by atoms with van der Waals surface area (Å²) < 4.78 is 10.9. The van der Waals surface area contributed by atoms with E-state index in [2.05, 4.69) is 39.3 Å². The van der Waals surface area contributed by atoms with Gasteiger partial charge in [0.05, 0.1) is 13.2 Å². The lowest BCUT2D eigenvalue weighted by Gasteiger charge is -2.34. The Hall–Kier alpha value is -1.76.